The molecule has 0 atom stereocenters. The number of carbonyl (C=O) groups excluding carboxylic acids is 1. The zero-order valence-corrected chi connectivity index (χ0v) is 14.2. The molecule has 0 bridgehead atoms. The first kappa shape index (κ1) is 16.6. The predicted molar refractivity (Wildman–Crippen MR) is 92.7 cm³/mol. The normalized spacial score (nSPS) is 10.7. The van der Waals surface area contributed by atoms with Crippen molar-refractivity contribution in [3.05, 3.63) is 63.8 Å². The average molecular weight is 338 g/mol. The number of carbonyl (C=O) groups is 1. The smallest absolute Gasteiger partial charge is 0.267 e. The van der Waals surface area contributed by atoms with Crippen molar-refractivity contribution in [1.82, 2.24) is 24.5 Å². The lowest BCUT2D eigenvalue weighted by molar-refractivity contribution is -0.117. The fraction of sp³-hybridized carbons (Fsp3) is 0.235. The molecule has 8 nitrogen and oxygen atoms in total. The first-order chi connectivity index (χ1) is 11.9. The minimum atomic E-state index is -0.373. The van der Waals surface area contributed by atoms with E-state index in [4.69, 9.17) is 0 Å². The van der Waals surface area contributed by atoms with E-state index in [0.29, 0.717) is 11.6 Å². The molecule has 0 radical (unpaired) electrons. The number of nitrogens with zero attached hydrogens (tertiary/aromatic N) is 5. The Bertz CT molecular complexity index is 989. The second-order valence-corrected chi connectivity index (χ2v) is 5.74. The monoisotopic (exact) mass is 338 g/mol. The molecule has 3 aromatic rings. The number of aryl methyl sites for hydroxylation is 3. The highest BCUT2D eigenvalue weighted by Gasteiger charge is 2.11. The van der Waals surface area contributed by atoms with Crippen molar-refractivity contribution in [1.29, 1.82) is 0 Å². The van der Waals surface area contributed by atoms with E-state index in [2.05, 4.69) is 20.5 Å². The molecule has 1 N–H and O–H groups in total. The van der Waals surface area contributed by atoms with Crippen molar-refractivity contribution in [3.63, 3.8) is 0 Å². The first-order valence-corrected chi connectivity index (χ1v) is 7.77. The summed E-state index contributed by atoms with van der Waals surface area (Å²) in [7, 11) is 0. The maximum absolute atomic E-state index is 12.2. The molecule has 0 saturated heterocycles. The molecule has 0 aromatic carbocycles. The summed E-state index contributed by atoms with van der Waals surface area (Å²) in [6.45, 7) is 5.41. The Morgan fingerprint density at radius 3 is 2.64 bits per heavy atom. The van der Waals surface area contributed by atoms with Crippen molar-refractivity contribution >= 4 is 11.7 Å². The van der Waals surface area contributed by atoms with Crippen molar-refractivity contribution in [2.75, 3.05) is 5.32 Å². The van der Waals surface area contributed by atoms with Gasteiger partial charge in [-0.15, -0.1) is 5.10 Å². The Kier molecular flexibility index (Phi) is 4.42. The third-order valence-corrected chi connectivity index (χ3v) is 3.64. The van der Waals surface area contributed by atoms with Crippen LogP contribution in [-0.4, -0.2) is 30.5 Å². The molecule has 1 amide bonds. The molecular weight excluding hydrogens is 320 g/mol. The largest absolute Gasteiger partial charge is 0.309 e. The number of aromatic nitrogens is 5. The highest BCUT2D eigenvalue weighted by molar-refractivity contribution is 5.90. The summed E-state index contributed by atoms with van der Waals surface area (Å²) in [4.78, 5) is 28.4. The lowest BCUT2D eigenvalue weighted by Gasteiger charge is -2.09. The van der Waals surface area contributed by atoms with Gasteiger partial charge in [0.1, 0.15) is 12.4 Å². The van der Waals surface area contributed by atoms with Gasteiger partial charge in [-0.2, -0.15) is 5.10 Å². The van der Waals surface area contributed by atoms with Crippen molar-refractivity contribution < 1.29 is 4.79 Å². The van der Waals surface area contributed by atoms with Crippen LogP contribution in [0, 0.1) is 20.8 Å². The molecule has 0 saturated carbocycles. The van der Waals surface area contributed by atoms with Crippen LogP contribution in [0.4, 0.5) is 5.82 Å². The molecule has 25 heavy (non-hydrogen) atoms. The number of nitrogens with one attached hydrogen (secondary N) is 1. The van der Waals surface area contributed by atoms with Gasteiger partial charge in [-0.05, 0) is 44.5 Å². The van der Waals surface area contributed by atoms with Gasteiger partial charge in [0, 0.05) is 18.0 Å². The number of anilines is 1. The van der Waals surface area contributed by atoms with Crippen molar-refractivity contribution in [2.24, 2.45) is 0 Å². The van der Waals surface area contributed by atoms with Crippen LogP contribution in [0.15, 0.2) is 41.3 Å². The van der Waals surface area contributed by atoms with E-state index in [1.807, 2.05) is 32.9 Å². The molecule has 0 aliphatic heterocycles. The summed E-state index contributed by atoms with van der Waals surface area (Å²) < 4.78 is 2.74. The van der Waals surface area contributed by atoms with Crippen LogP contribution in [0.1, 0.15) is 17.0 Å². The maximum atomic E-state index is 12.2. The Morgan fingerprint density at radius 2 is 1.96 bits per heavy atom. The Labute approximate surface area is 144 Å². The standard InChI is InChI=1S/C17H18N6O2/c1-11-5-4-8-18-17(11)19-15(24)10-22-16(25)7-6-14(21-22)23-13(3)9-12(2)20-23/h4-9H,10H2,1-3H3,(H,18,19,24). The van der Waals surface area contributed by atoms with Crippen LogP contribution in [0.25, 0.3) is 5.82 Å². The van der Waals surface area contributed by atoms with E-state index in [0.717, 1.165) is 21.6 Å². The molecule has 0 spiro atoms. The molecule has 0 aliphatic carbocycles. The van der Waals surface area contributed by atoms with Gasteiger partial charge in [0.05, 0.1) is 5.69 Å². The van der Waals surface area contributed by atoms with E-state index >= 15 is 0 Å². The summed E-state index contributed by atoms with van der Waals surface area (Å²) in [5.41, 5.74) is 2.22. The zero-order valence-electron chi connectivity index (χ0n) is 14.2. The number of pyridine rings is 1. The molecule has 0 fully saturated rings. The van der Waals surface area contributed by atoms with Gasteiger partial charge < -0.3 is 5.32 Å². The van der Waals surface area contributed by atoms with Gasteiger partial charge in [0.25, 0.3) is 5.56 Å². The van der Waals surface area contributed by atoms with Gasteiger partial charge in [-0.25, -0.2) is 14.3 Å². The van der Waals surface area contributed by atoms with Crippen molar-refractivity contribution in [3.8, 4) is 5.82 Å². The molecule has 0 aliphatic rings. The number of rotatable bonds is 4. The summed E-state index contributed by atoms with van der Waals surface area (Å²) in [5.74, 6) is 0.573. The third-order valence-electron chi connectivity index (χ3n) is 3.64. The SMILES string of the molecule is Cc1cc(C)n(-c2ccc(=O)n(CC(=O)Nc3ncccc3C)n2)n1. The van der Waals surface area contributed by atoms with Gasteiger partial charge in [0.2, 0.25) is 5.91 Å². The van der Waals surface area contributed by atoms with Crippen LogP contribution >= 0.6 is 0 Å². The summed E-state index contributed by atoms with van der Waals surface area (Å²) in [5, 5.41) is 11.3. The molecule has 128 valence electrons. The minimum Gasteiger partial charge on any atom is -0.309 e. The minimum absolute atomic E-state index is 0.206. The van der Waals surface area contributed by atoms with Gasteiger partial charge in [-0.3, -0.25) is 9.59 Å². The van der Waals surface area contributed by atoms with E-state index in [1.165, 1.54) is 6.07 Å². The van der Waals surface area contributed by atoms with Gasteiger partial charge in [0.15, 0.2) is 5.82 Å². The highest BCUT2D eigenvalue weighted by atomic mass is 16.2. The number of hydrogen-bond acceptors (Lipinski definition) is 5. The highest BCUT2D eigenvalue weighted by Crippen LogP contribution is 2.10. The van der Waals surface area contributed by atoms with Crippen LogP contribution in [-0.2, 0) is 11.3 Å². The van der Waals surface area contributed by atoms with E-state index in [-0.39, 0.29) is 18.0 Å². The van der Waals surface area contributed by atoms with Crippen LogP contribution in [0.2, 0.25) is 0 Å². The summed E-state index contributed by atoms with van der Waals surface area (Å²) in [6.07, 6.45) is 1.59. The Morgan fingerprint density at radius 1 is 1.16 bits per heavy atom. The fourth-order valence-corrected chi connectivity index (χ4v) is 2.45. The van der Waals surface area contributed by atoms with Crippen molar-refractivity contribution in [2.45, 2.75) is 27.3 Å². The molecule has 8 heteroatoms. The van der Waals surface area contributed by atoms with Crippen LogP contribution in [0.5, 0.6) is 0 Å². The van der Waals surface area contributed by atoms with E-state index in [9.17, 15) is 9.59 Å². The summed E-state index contributed by atoms with van der Waals surface area (Å²) in [6, 6.07) is 8.50. The van der Waals surface area contributed by atoms with Crippen LogP contribution in [0.3, 0.4) is 0 Å². The second kappa shape index (κ2) is 6.68. The van der Waals surface area contributed by atoms with Gasteiger partial charge in [-0.1, -0.05) is 6.07 Å². The average Bonchev–Trinajstić information content (AvgIpc) is 2.90. The molecular formula is C17H18N6O2. The molecule has 3 heterocycles. The quantitative estimate of drug-likeness (QED) is 0.776. The number of amides is 1. The molecule has 3 aromatic heterocycles. The van der Waals surface area contributed by atoms with E-state index in [1.54, 1.807) is 23.0 Å². The second-order valence-electron chi connectivity index (χ2n) is 5.74. The third kappa shape index (κ3) is 3.63. The zero-order chi connectivity index (χ0) is 18.0. The molecule has 0 unspecified atom stereocenters. The summed E-state index contributed by atoms with van der Waals surface area (Å²) >= 11 is 0. The number of hydrogen-bond donors (Lipinski definition) is 1. The first-order valence-electron chi connectivity index (χ1n) is 7.77. The predicted octanol–water partition coefficient (Wildman–Crippen LogP) is 1.39. The lowest BCUT2D eigenvalue weighted by atomic mass is 10.3. The van der Waals surface area contributed by atoms with Crippen LogP contribution < -0.4 is 10.9 Å². The topological polar surface area (TPSA) is 94.7 Å². The Hall–Kier alpha value is -3.29. The van der Waals surface area contributed by atoms with Gasteiger partial charge >= 0.3 is 0 Å². The fourth-order valence-electron chi connectivity index (χ4n) is 2.45. The lowest BCUT2D eigenvalue weighted by Crippen LogP contribution is -2.30. The maximum Gasteiger partial charge on any atom is 0.267 e. The molecule has 3 rings (SSSR count). The van der Waals surface area contributed by atoms with E-state index < -0.39 is 0 Å². The Balaban J connectivity index is 1.84.